The maximum atomic E-state index is 12.3. The van der Waals surface area contributed by atoms with Crippen LogP contribution >= 0.6 is 15.9 Å². The summed E-state index contributed by atoms with van der Waals surface area (Å²) in [5.74, 6) is -0.233. The molecular weight excluding hydrogens is 468 g/mol. The Kier molecular flexibility index (Phi) is 6.59. The Bertz CT molecular complexity index is 984. The van der Waals surface area contributed by atoms with Crippen molar-refractivity contribution < 1.29 is 24.2 Å². The van der Waals surface area contributed by atoms with Crippen LogP contribution in [0.1, 0.15) is 31.1 Å². The Morgan fingerprint density at radius 3 is 2.48 bits per heavy atom. The van der Waals surface area contributed by atoms with E-state index in [1.807, 2.05) is 25.7 Å². The Labute approximate surface area is 188 Å². The van der Waals surface area contributed by atoms with E-state index in [1.165, 1.54) is 6.20 Å². The monoisotopic (exact) mass is 492 g/mol. The van der Waals surface area contributed by atoms with Crippen molar-refractivity contribution in [1.82, 2.24) is 9.88 Å². The molecule has 3 N–H and O–H groups in total. The second kappa shape index (κ2) is 9.01. The van der Waals surface area contributed by atoms with Crippen LogP contribution in [0.4, 0.5) is 16.3 Å². The summed E-state index contributed by atoms with van der Waals surface area (Å²) < 4.78 is 11.7. The second-order valence-electron chi connectivity index (χ2n) is 8.05. The van der Waals surface area contributed by atoms with E-state index in [9.17, 15) is 14.7 Å². The van der Waals surface area contributed by atoms with Gasteiger partial charge >= 0.3 is 12.1 Å². The number of aromatic carboxylic acids is 1. The number of nitrogen functional groups attached to an aromatic ring is 1. The number of aromatic nitrogens is 1. The number of carbonyl (C=O) groups is 2. The van der Waals surface area contributed by atoms with E-state index in [0.29, 0.717) is 47.9 Å². The average Bonchev–Trinajstić information content (AvgIpc) is 2.68. The van der Waals surface area contributed by atoms with Gasteiger partial charge in [0.15, 0.2) is 0 Å². The number of benzene rings is 1. The second-order valence-corrected chi connectivity index (χ2v) is 8.90. The zero-order chi connectivity index (χ0) is 22.8. The molecule has 0 atom stereocenters. The molecule has 0 aliphatic carbocycles. The highest BCUT2D eigenvalue weighted by Crippen LogP contribution is 2.33. The van der Waals surface area contributed by atoms with Crippen molar-refractivity contribution in [3.8, 4) is 11.5 Å². The summed E-state index contributed by atoms with van der Waals surface area (Å²) >= 11 is 3.24. The number of nitrogens with zero attached hydrogens (tertiary/aromatic N) is 3. The molecule has 2 heterocycles. The van der Waals surface area contributed by atoms with Gasteiger partial charge in [0.2, 0.25) is 0 Å². The molecule has 0 unspecified atom stereocenters. The summed E-state index contributed by atoms with van der Waals surface area (Å²) in [6.07, 6.45) is 1.11. The Balaban J connectivity index is 1.74. The number of rotatable bonds is 4. The largest absolute Gasteiger partial charge is 0.478 e. The number of hydrogen-bond donors (Lipinski definition) is 2. The first-order valence-corrected chi connectivity index (χ1v) is 10.5. The van der Waals surface area contributed by atoms with E-state index in [0.717, 1.165) is 0 Å². The smallest absolute Gasteiger partial charge is 0.410 e. The van der Waals surface area contributed by atoms with Gasteiger partial charge in [-0.15, -0.1) is 0 Å². The summed E-state index contributed by atoms with van der Waals surface area (Å²) in [7, 11) is 0. The van der Waals surface area contributed by atoms with E-state index < -0.39 is 11.6 Å². The lowest BCUT2D eigenvalue weighted by atomic mass is 10.2. The van der Waals surface area contributed by atoms with Gasteiger partial charge in [-0.25, -0.2) is 14.6 Å². The van der Waals surface area contributed by atoms with E-state index >= 15 is 0 Å². The summed E-state index contributed by atoms with van der Waals surface area (Å²) in [5, 5.41) is 9.47. The molecule has 1 amide bonds. The molecule has 0 radical (unpaired) electrons. The molecule has 1 aromatic heterocycles. The SMILES string of the molecule is CC(C)(C)OC(=O)N1CCN(c2cc(Oc3cccc(Br)c3C(=O)O)cnc2N)CC1. The fourth-order valence-corrected chi connectivity index (χ4v) is 3.65. The minimum absolute atomic E-state index is 0.0202. The van der Waals surface area contributed by atoms with Crippen molar-refractivity contribution in [3.05, 3.63) is 40.5 Å². The van der Waals surface area contributed by atoms with Crippen LogP contribution in [0.2, 0.25) is 0 Å². The van der Waals surface area contributed by atoms with Crippen LogP contribution in [0, 0.1) is 0 Å². The number of nitrogens with two attached hydrogens (primary N) is 1. The van der Waals surface area contributed by atoms with Crippen molar-refractivity contribution >= 4 is 39.5 Å². The number of pyridine rings is 1. The van der Waals surface area contributed by atoms with Crippen molar-refractivity contribution in [2.24, 2.45) is 0 Å². The fraction of sp³-hybridized carbons (Fsp3) is 0.381. The van der Waals surface area contributed by atoms with Crippen LogP contribution in [0.25, 0.3) is 0 Å². The number of carbonyl (C=O) groups excluding carboxylic acids is 1. The van der Waals surface area contributed by atoms with E-state index in [2.05, 4.69) is 20.9 Å². The molecule has 0 saturated carbocycles. The molecule has 2 aromatic rings. The van der Waals surface area contributed by atoms with Gasteiger partial charge in [0.1, 0.15) is 28.5 Å². The van der Waals surface area contributed by atoms with E-state index in [-0.39, 0.29) is 17.4 Å². The van der Waals surface area contributed by atoms with Gasteiger partial charge in [-0.1, -0.05) is 6.07 Å². The van der Waals surface area contributed by atoms with Crippen molar-refractivity contribution in [2.75, 3.05) is 36.8 Å². The van der Waals surface area contributed by atoms with Gasteiger partial charge in [0.05, 0.1) is 11.9 Å². The highest BCUT2D eigenvalue weighted by molar-refractivity contribution is 9.10. The minimum Gasteiger partial charge on any atom is -0.478 e. The summed E-state index contributed by atoms with van der Waals surface area (Å²) in [4.78, 5) is 31.7. The summed E-state index contributed by atoms with van der Waals surface area (Å²) in [6.45, 7) is 7.56. The molecule has 1 saturated heterocycles. The predicted octanol–water partition coefficient (Wildman–Crippen LogP) is 3.97. The third kappa shape index (κ3) is 5.57. The van der Waals surface area contributed by atoms with Crippen molar-refractivity contribution in [2.45, 2.75) is 26.4 Å². The molecule has 1 aliphatic rings. The topological polar surface area (TPSA) is 118 Å². The minimum atomic E-state index is -1.11. The van der Waals surface area contributed by atoms with Gasteiger partial charge < -0.3 is 30.1 Å². The van der Waals surface area contributed by atoms with Gasteiger partial charge in [0.25, 0.3) is 0 Å². The Hall–Kier alpha value is -3.01. The molecule has 10 heteroatoms. The normalized spacial score (nSPS) is 14.3. The molecule has 166 valence electrons. The van der Waals surface area contributed by atoms with Crippen LogP contribution in [-0.2, 0) is 4.74 Å². The Morgan fingerprint density at radius 2 is 1.87 bits per heavy atom. The average molecular weight is 493 g/mol. The summed E-state index contributed by atoms with van der Waals surface area (Å²) in [6, 6.07) is 6.61. The van der Waals surface area contributed by atoms with Crippen LogP contribution in [-0.4, -0.2) is 58.8 Å². The molecule has 3 rings (SSSR count). The lowest BCUT2D eigenvalue weighted by molar-refractivity contribution is 0.0240. The number of piperazine rings is 1. The number of hydrogen-bond acceptors (Lipinski definition) is 7. The first kappa shape index (κ1) is 22.7. The maximum absolute atomic E-state index is 12.3. The highest BCUT2D eigenvalue weighted by atomic mass is 79.9. The Morgan fingerprint density at radius 1 is 1.19 bits per heavy atom. The third-order valence-corrected chi connectivity index (χ3v) is 5.22. The highest BCUT2D eigenvalue weighted by Gasteiger charge is 2.27. The fourth-order valence-electron chi connectivity index (χ4n) is 3.13. The molecule has 1 aliphatic heterocycles. The van der Waals surface area contributed by atoms with Gasteiger partial charge in [-0.2, -0.15) is 0 Å². The predicted molar refractivity (Wildman–Crippen MR) is 120 cm³/mol. The number of ether oxygens (including phenoxy) is 2. The molecule has 31 heavy (non-hydrogen) atoms. The van der Waals surface area contributed by atoms with Crippen molar-refractivity contribution in [3.63, 3.8) is 0 Å². The lowest BCUT2D eigenvalue weighted by Gasteiger charge is -2.37. The first-order valence-electron chi connectivity index (χ1n) is 9.73. The first-order chi connectivity index (χ1) is 14.5. The van der Waals surface area contributed by atoms with Crippen molar-refractivity contribution in [1.29, 1.82) is 0 Å². The number of carboxylic acid groups (broad SMARTS) is 1. The quantitative estimate of drug-likeness (QED) is 0.657. The molecule has 0 bridgehead atoms. The number of amides is 1. The third-order valence-electron chi connectivity index (χ3n) is 4.56. The number of halogens is 1. The van der Waals surface area contributed by atoms with E-state index in [1.54, 1.807) is 29.2 Å². The standard InChI is InChI=1S/C21H25BrN4O5/c1-21(2,3)31-20(29)26-9-7-25(8-10-26)15-11-13(12-24-18(15)23)30-16-6-4-5-14(22)17(16)19(27)28/h4-6,11-12H,7-10H2,1-3H3,(H2,23,24)(H,27,28). The summed E-state index contributed by atoms with van der Waals surface area (Å²) in [5.41, 5.74) is 6.21. The number of anilines is 2. The zero-order valence-corrected chi connectivity index (χ0v) is 19.2. The van der Waals surface area contributed by atoms with Crippen LogP contribution < -0.4 is 15.4 Å². The number of carboxylic acids is 1. The molecule has 1 aromatic carbocycles. The van der Waals surface area contributed by atoms with Crippen LogP contribution in [0.3, 0.4) is 0 Å². The van der Waals surface area contributed by atoms with E-state index in [4.69, 9.17) is 15.2 Å². The van der Waals surface area contributed by atoms with Crippen LogP contribution in [0.5, 0.6) is 11.5 Å². The molecule has 1 fully saturated rings. The van der Waals surface area contributed by atoms with Crippen LogP contribution in [0.15, 0.2) is 34.9 Å². The molecule has 9 nitrogen and oxygen atoms in total. The molecular formula is C21H25BrN4O5. The molecule has 0 spiro atoms. The van der Waals surface area contributed by atoms with Gasteiger partial charge in [0, 0.05) is 36.7 Å². The maximum Gasteiger partial charge on any atom is 0.410 e. The lowest BCUT2D eigenvalue weighted by Crippen LogP contribution is -2.50. The van der Waals surface area contributed by atoms with Gasteiger partial charge in [-0.3, -0.25) is 0 Å². The van der Waals surface area contributed by atoms with Gasteiger partial charge in [-0.05, 0) is 48.8 Å². The zero-order valence-electron chi connectivity index (χ0n) is 17.6.